The van der Waals surface area contributed by atoms with Gasteiger partial charge in [-0.2, -0.15) is 0 Å². The number of piperazine rings is 1. The number of carbonyl (C=O) groups excluding carboxylic acids is 2. The summed E-state index contributed by atoms with van der Waals surface area (Å²) < 4.78 is 10.8. The fraction of sp³-hybridized carbons (Fsp3) is 0.476. The van der Waals surface area contributed by atoms with Crippen LogP contribution in [0.25, 0.3) is 0 Å². The van der Waals surface area contributed by atoms with E-state index in [1.807, 2.05) is 44.2 Å². The Labute approximate surface area is 170 Å². The molecule has 0 bridgehead atoms. The highest BCUT2D eigenvalue weighted by atomic mass is 16.6. The zero-order valence-corrected chi connectivity index (χ0v) is 16.9. The van der Waals surface area contributed by atoms with Gasteiger partial charge in [-0.15, -0.1) is 0 Å². The molecule has 0 saturated carbocycles. The largest absolute Gasteiger partial charge is 0.446 e. The number of rotatable bonds is 6. The van der Waals surface area contributed by atoms with E-state index < -0.39 is 0 Å². The number of hydrogen-bond donors (Lipinski definition) is 1. The summed E-state index contributed by atoms with van der Waals surface area (Å²) in [4.78, 5) is 32.5. The molecule has 1 aliphatic rings. The molecule has 2 N–H and O–H groups in total. The van der Waals surface area contributed by atoms with Crippen LogP contribution in [0.3, 0.4) is 0 Å². The van der Waals surface area contributed by atoms with E-state index in [1.165, 1.54) is 6.26 Å². The van der Waals surface area contributed by atoms with E-state index in [2.05, 4.69) is 4.98 Å². The molecule has 8 nitrogen and oxygen atoms in total. The molecule has 1 fully saturated rings. The van der Waals surface area contributed by atoms with E-state index >= 15 is 0 Å². The number of amides is 2. The minimum Gasteiger partial charge on any atom is -0.446 e. The van der Waals surface area contributed by atoms with Crippen LogP contribution in [0.1, 0.15) is 48.3 Å². The van der Waals surface area contributed by atoms with Gasteiger partial charge < -0.3 is 24.7 Å². The Morgan fingerprint density at radius 2 is 1.83 bits per heavy atom. The number of ether oxygens (including phenoxy) is 1. The molecule has 1 aromatic heterocycles. The van der Waals surface area contributed by atoms with Gasteiger partial charge in [0.1, 0.15) is 12.9 Å². The molecule has 1 saturated heterocycles. The molecule has 2 unspecified atom stereocenters. The van der Waals surface area contributed by atoms with E-state index in [0.717, 1.165) is 12.0 Å². The molecule has 2 heterocycles. The van der Waals surface area contributed by atoms with Gasteiger partial charge in [0.2, 0.25) is 5.89 Å². The van der Waals surface area contributed by atoms with Gasteiger partial charge in [-0.25, -0.2) is 9.78 Å². The maximum Gasteiger partial charge on any atom is 0.410 e. The van der Waals surface area contributed by atoms with Gasteiger partial charge in [0, 0.05) is 26.2 Å². The Kier molecular flexibility index (Phi) is 6.87. The highest BCUT2D eigenvalue weighted by molar-refractivity contribution is 5.92. The summed E-state index contributed by atoms with van der Waals surface area (Å²) in [5.74, 6) is 0.376. The lowest BCUT2D eigenvalue weighted by molar-refractivity contribution is 0.0539. The molecule has 0 aliphatic carbocycles. The molecule has 1 aliphatic heterocycles. The lowest BCUT2D eigenvalue weighted by atomic mass is 10.0. The van der Waals surface area contributed by atoms with Gasteiger partial charge in [-0.05, 0) is 11.5 Å². The number of oxazole rings is 1. The van der Waals surface area contributed by atoms with Gasteiger partial charge in [-0.3, -0.25) is 4.79 Å². The molecule has 0 spiro atoms. The number of nitrogens with two attached hydrogens (primary N) is 1. The summed E-state index contributed by atoms with van der Waals surface area (Å²) in [5, 5.41) is 0. The lowest BCUT2D eigenvalue weighted by Crippen LogP contribution is -2.50. The Morgan fingerprint density at radius 3 is 2.48 bits per heavy atom. The maximum absolute atomic E-state index is 12.7. The predicted molar refractivity (Wildman–Crippen MR) is 107 cm³/mol. The SMILES string of the molecule is CCC(C)C(N)c1nc(C(=O)N2CCN(C(=O)OCc3ccccc3)CC2)co1. The summed E-state index contributed by atoms with van der Waals surface area (Å²) in [6.07, 6.45) is 1.89. The topological polar surface area (TPSA) is 102 Å². The smallest absolute Gasteiger partial charge is 0.410 e. The monoisotopic (exact) mass is 400 g/mol. The van der Waals surface area contributed by atoms with Crippen LogP contribution < -0.4 is 5.73 Å². The minimum absolute atomic E-state index is 0.210. The van der Waals surface area contributed by atoms with Crippen molar-refractivity contribution in [2.45, 2.75) is 32.9 Å². The van der Waals surface area contributed by atoms with Crippen LogP contribution in [0.4, 0.5) is 4.79 Å². The van der Waals surface area contributed by atoms with Crippen molar-refractivity contribution in [1.82, 2.24) is 14.8 Å². The Hall–Kier alpha value is -2.87. The van der Waals surface area contributed by atoms with E-state index in [9.17, 15) is 9.59 Å². The number of carbonyl (C=O) groups is 2. The Morgan fingerprint density at radius 1 is 1.17 bits per heavy atom. The quantitative estimate of drug-likeness (QED) is 0.800. The molecule has 0 radical (unpaired) electrons. The van der Waals surface area contributed by atoms with E-state index in [1.54, 1.807) is 9.80 Å². The standard InChI is InChI=1S/C21H28N4O4/c1-3-15(2)18(22)19-23-17(14-28-19)20(26)24-9-11-25(12-10-24)21(27)29-13-16-7-5-4-6-8-16/h4-8,14-15,18H,3,9-13,22H2,1-2H3. The van der Waals surface area contributed by atoms with Crippen LogP contribution >= 0.6 is 0 Å². The molecule has 3 rings (SSSR count). The van der Waals surface area contributed by atoms with Crippen molar-refractivity contribution in [1.29, 1.82) is 0 Å². The minimum atomic E-state index is -0.371. The molecular formula is C21H28N4O4. The van der Waals surface area contributed by atoms with Gasteiger partial charge in [0.15, 0.2) is 5.69 Å². The molecular weight excluding hydrogens is 372 g/mol. The zero-order valence-electron chi connectivity index (χ0n) is 16.9. The molecule has 156 valence electrons. The molecule has 8 heteroatoms. The molecule has 2 aromatic rings. The van der Waals surface area contributed by atoms with Gasteiger partial charge in [-0.1, -0.05) is 50.6 Å². The molecule has 29 heavy (non-hydrogen) atoms. The van der Waals surface area contributed by atoms with Crippen molar-refractivity contribution in [3.8, 4) is 0 Å². The van der Waals surface area contributed by atoms with Gasteiger partial charge in [0.05, 0.1) is 6.04 Å². The summed E-state index contributed by atoms with van der Waals surface area (Å²) in [7, 11) is 0. The number of nitrogens with zero attached hydrogens (tertiary/aromatic N) is 3. The zero-order chi connectivity index (χ0) is 20.8. The van der Waals surface area contributed by atoms with Crippen LogP contribution in [0.15, 0.2) is 41.0 Å². The second-order valence-corrected chi connectivity index (χ2v) is 7.30. The maximum atomic E-state index is 12.7. The molecule has 1 aromatic carbocycles. The molecule has 2 atom stereocenters. The number of hydrogen-bond acceptors (Lipinski definition) is 6. The second-order valence-electron chi connectivity index (χ2n) is 7.30. The van der Waals surface area contributed by atoms with E-state index in [0.29, 0.717) is 32.1 Å². The first-order valence-electron chi connectivity index (χ1n) is 9.95. The van der Waals surface area contributed by atoms with Crippen molar-refractivity contribution in [3.63, 3.8) is 0 Å². The first kappa shape index (κ1) is 20.9. The average Bonchev–Trinajstić information content (AvgIpc) is 3.27. The first-order chi connectivity index (χ1) is 14.0. The van der Waals surface area contributed by atoms with Crippen molar-refractivity contribution in [2.75, 3.05) is 26.2 Å². The van der Waals surface area contributed by atoms with Crippen molar-refractivity contribution in [2.24, 2.45) is 11.7 Å². The van der Waals surface area contributed by atoms with Crippen LogP contribution in [0, 0.1) is 5.92 Å². The fourth-order valence-corrected chi connectivity index (χ4v) is 3.10. The summed E-state index contributed by atoms with van der Waals surface area (Å²) in [6.45, 7) is 5.96. The first-order valence-corrected chi connectivity index (χ1v) is 9.95. The van der Waals surface area contributed by atoms with E-state index in [-0.39, 0.29) is 36.3 Å². The normalized spacial score (nSPS) is 16.4. The highest BCUT2D eigenvalue weighted by Crippen LogP contribution is 2.21. The highest BCUT2D eigenvalue weighted by Gasteiger charge is 2.28. The predicted octanol–water partition coefficient (Wildman–Crippen LogP) is 2.82. The van der Waals surface area contributed by atoms with Crippen LogP contribution in [-0.2, 0) is 11.3 Å². The number of aromatic nitrogens is 1. The van der Waals surface area contributed by atoms with Crippen molar-refractivity contribution in [3.05, 3.63) is 53.7 Å². The lowest BCUT2D eigenvalue weighted by Gasteiger charge is -2.33. The average molecular weight is 400 g/mol. The Balaban J connectivity index is 1.49. The third-order valence-corrected chi connectivity index (χ3v) is 5.31. The van der Waals surface area contributed by atoms with Crippen molar-refractivity contribution < 1.29 is 18.7 Å². The number of benzene rings is 1. The van der Waals surface area contributed by atoms with Gasteiger partial charge >= 0.3 is 6.09 Å². The summed E-state index contributed by atoms with van der Waals surface area (Å²) in [5.41, 5.74) is 7.31. The Bertz CT molecular complexity index is 815. The summed E-state index contributed by atoms with van der Waals surface area (Å²) in [6, 6.07) is 9.19. The summed E-state index contributed by atoms with van der Waals surface area (Å²) >= 11 is 0. The third kappa shape index (κ3) is 5.14. The fourth-order valence-electron chi connectivity index (χ4n) is 3.10. The molecule has 2 amide bonds. The van der Waals surface area contributed by atoms with Crippen LogP contribution in [-0.4, -0.2) is 53.0 Å². The third-order valence-electron chi connectivity index (χ3n) is 5.31. The van der Waals surface area contributed by atoms with Gasteiger partial charge in [0.25, 0.3) is 5.91 Å². The second kappa shape index (κ2) is 9.56. The van der Waals surface area contributed by atoms with Crippen LogP contribution in [0.5, 0.6) is 0 Å². The van der Waals surface area contributed by atoms with Crippen LogP contribution in [0.2, 0.25) is 0 Å². The van der Waals surface area contributed by atoms with Crippen molar-refractivity contribution >= 4 is 12.0 Å². The van der Waals surface area contributed by atoms with E-state index in [4.69, 9.17) is 14.9 Å².